The number of aryl methyl sites for hydroxylation is 1. The second-order valence-electron chi connectivity index (χ2n) is 4.70. The average molecular weight is 292 g/mol. The molecule has 20 heavy (non-hydrogen) atoms. The van der Waals surface area contributed by atoms with E-state index in [9.17, 15) is 14.7 Å². The van der Waals surface area contributed by atoms with Gasteiger partial charge in [0.2, 0.25) is 0 Å². The molecule has 106 valence electrons. The van der Waals surface area contributed by atoms with E-state index in [1.54, 1.807) is 20.1 Å². The molecule has 0 saturated carbocycles. The highest BCUT2D eigenvalue weighted by Crippen LogP contribution is 2.38. The van der Waals surface area contributed by atoms with Crippen LogP contribution in [0.2, 0.25) is 0 Å². The largest absolute Gasteiger partial charge is 0.477 e. The molecular weight excluding hydrogens is 276 g/mol. The normalized spacial score (nSPS) is 12.6. The van der Waals surface area contributed by atoms with Crippen LogP contribution >= 0.6 is 11.3 Å². The van der Waals surface area contributed by atoms with Gasteiger partial charge in [-0.2, -0.15) is 0 Å². The van der Waals surface area contributed by atoms with Gasteiger partial charge in [-0.3, -0.25) is 4.79 Å². The number of Topliss-reactive ketones (excluding diaryl/α,β-unsaturated/α-hetero) is 1. The summed E-state index contributed by atoms with van der Waals surface area (Å²) in [7, 11) is 1.61. The Labute approximate surface area is 121 Å². The Morgan fingerprint density at radius 2 is 2.00 bits per heavy atom. The Balaban J connectivity index is 2.89. The van der Waals surface area contributed by atoms with Crippen LogP contribution in [0.4, 0.5) is 0 Å². The number of rotatable bonds is 4. The van der Waals surface area contributed by atoms with Crippen molar-refractivity contribution in [2.75, 3.05) is 7.11 Å². The lowest BCUT2D eigenvalue weighted by atomic mass is 9.98. The molecule has 2 rings (SSSR count). The molecule has 0 aliphatic rings. The van der Waals surface area contributed by atoms with Crippen molar-refractivity contribution < 1.29 is 19.4 Å². The van der Waals surface area contributed by atoms with Gasteiger partial charge in [-0.25, -0.2) is 4.79 Å². The van der Waals surface area contributed by atoms with Crippen LogP contribution in [0.1, 0.15) is 51.1 Å². The third kappa shape index (κ3) is 2.23. The second kappa shape index (κ2) is 5.34. The third-order valence-electron chi connectivity index (χ3n) is 3.47. The van der Waals surface area contributed by atoms with E-state index in [0.717, 1.165) is 27.0 Å². The first kappa shape index (κ1) is 14.7. The predicted octanol–water partition coefficient (Wildman–Crippen LogP) is 3.82. The van der Waals surface area contributed by atoms with Gasteiger partial charge in [0.25, 0.3) is 0 Å². The number of thiophene rings is 1. The van der Waals surface area contributed by atoms with Crippen LogP contribution in [0.15, 0.2) is 12.1 Å². The zero-order chi connectivity index (χ0) is 15.0. The molecule has 0 bridgehead atoms. The number of benzene rings is 1. The summed E-state index contributed by atoms with van der Waals surface area (Å²) < 4.78 is 6.07. The number of hydrogen-bond donors (Lipinski definition) is 1. The zero-order valence-electron chi connectivity index (χ0n) is 11.8. The molecule has 1 N–H and O–H groups in total. The SMILES string of the molecule is COC(C)c1ccc(C(C)=O)c2sc(C(=O)O)c(C)c12. The lowest BCUT2D eigenvalue weighted by molar-refractivity contribution is 0.0701. The molecule has 1 aromatic carbocycles. The Kier molecular flexibility index (Phi) is 3.92. The molecule has 0 saturated heterocycles. The maximum atomic E-state index is 11.7. The summed E-state index contributed by atoms with van der Waals surface area (Å²) in [5.41, 5.74) is 2.17. The molecule has 1 aromatic heterocycles. The molecule has 0 aliphatic carbocycles. The molecule has 0 aliphatic heterocycles. The van der Waals surface area contributed by atoms with Gasteiger partial charge in [-0.15, -0.1) is 11.3 Å². The summed E-state index contributed by atoms with van der Waals surface area (Å²) in [5, 5.41) is 10.1. The minimum atomic E-state index is -0.964. The Hall–Kier alpha value is -1.72. The summed E-state index contributed by atoms with van der Waals surface area (Å²) in [4.78, 5) is 23.3. The molecule has 4 nitrogen and oxygen atoms in total. The average Bonchev–Trinajstić information content (AvgIpc) is 2.75. The van der Waals surface area contributed by atoms with E-state index in [0.29, 0.717) is 11.1 Å². The van der Waals surface area contributed by atoms with Crippen LogP contribution in [0.3, 0.4) is 0 Å². The highest BCUT2D eigenvalue weighted by molar-refractivity contribution is 7.21. The fourth-order valence-electron chi connectivity index (χ4n) is 2.33. The van der Waals surface area contributed by atoms with E-state index < -0.39 is 5.97 Å². The molecular formula is C15H16O4S. The van der Waals surface area contributed by atoms with E-state index >= 15 is 0 Å². The predicted molar refractivity (Wildman–Crippen MR) is 78.9 cm³/mol. The number of carboxylic acid groups (broad SMARTS) is 1. The summed E-state index contributed by atoms with van der Waals surface area (Å²) in [6, 6.07) is 3.59. The molecule has 0 radical (unpaired) electrons. The van der Waals surface area contributed by atoms with E-state index in [1.807, 2.05) is 13.0 Å². The van der Waals surface area contributed by atoms with Crippen molar-refractivity contribution in [1.82, 2.24) is 0 Å². The number of ketones is 1. The summed E-state index contributed by atoms with van der Waals surface area (Å²) >= 11 is 1.15. The quantitative estimate of drug-likeness (QED) is 0.870. The van der Waals surface area contributed by atoms with Gasteiger partial charge in [0.05, 0.1) is 6.10 Å². The smallest absolute Gasteiger partial charge is 0.346 e. The topological polar surface area (TPSA) is 63.6 Å². The lowest BCUT2D eigenvalue weighted by Crippen LogP contribution is -2.00. The molecule has 0 fully saturated rings. The van der Waals surface area contributed by atoms with Gasteiger partial charge < -0.3 is 9.84 Å². The first-order valence-electron chi connectivity index (χ1n) is 6.21. The van der Waals surface area contributed by atoms with Crippen molar-refractivity contribution in [3.05, 3.63) is 33.7 Å². The monoisotopic (exact) mass is 292 g/mol. The highest BCUT2D eigenvalue weighted by atomic mass is 32.1. The van der Waals surface area contributed by atoms with Gasteiger partial charge >= 0.3 is 5.97 Å². The van der Waals surface area contributed by atoms with E-state index in [4.69, 9.17) is 4.74 Å². The molecule has 1 heterocycles. The van der Waals surface area contributed by atoms with E-state index in [-0.39, 0.29) is 16.8 Å². The number of methoxy groups -OCH3 is 1. The van der Waals surface area contributed by atoms with E-state index in [2.05, 4.69) is 0 Å². The van der Waals surface area contributed by atoms with Crippen LogP contribution in [-0.2, 0) is 4.74 Å². The number of carboxylic acids is 1. The molecule has 0 spiro atoms. The standard InChI is InChI=1S/C15H16O4S/c1-7-12-11(9(3)19-4)6-5-10(8(2)16)14(12)20-13(7)15(17)18/h5-6,9H,1-4H3,(H,17,18). The number of hydrogen-bond acceptors (Lipinski definition) is 4. The van der Waals surface area contributed by atoms with Crippen molar-refractivity contribution in [2.45, 2.75) is 26.9 Å². The number of fused-ring (bicyclic) bond motifs is 1. The van der Waals surface area contributed by atoms with Crippen molar-refractivity contribution in [3.63, 3.8) is 0 Å². The number of carbonyl (C=O) groups is 2. The molecule has 2 aromatic rings. The fraction of sp³-hybridized carbons (Fsp3) is 0.333. The van der Waals surface area contributed by atoms with Gasteiger partial charge in [-0.1, -0.05) is 6.07 Å². The number of ether oxygens (including phenoxy) is 1. The van der Waals surface area contributed by atoms with Gasteiger partial charge in [-0.05, 0) is 38.0 Å². The van der Waals surface area contributed by atoms with Crippen LogP contribution in [-0.4, -0.2) is 24.0 Å². The number of aromatic carboxylic acids is 1. The maximum Gasteiger partial charge on any atom is 0.346 e. The van der Waals surface area contributed by atoms with Crippen LogP contribution in [0.5, 0.6) is 0 Å². The second-order valence-corrected chi connectivity index (χ2v) is 5.72. The first-order chi connectivity index (χ1) is 9.38. The van der Waals surface area contributed by atoms with Crippen LogP contribution in [0.25, 0.3) is 10.1 Å². The molecule has 1 unspecified atom stereocenters. The molecule has 0 amide bonds. The first-order valence-corrected chi connectivity index (χ1v) is 7.03. The third-order valence-corrected chi connectivity index (χ3v) is 4.79. The van der Waals surface area contributed by atoms with Gasteiger partial charge in [0.1, 0.15) is 4.88 Å². The summed E-state index contributed by atoms with van der Waals surface area (Å²) in [5.74, 6) is -1.03. The lowest BCUT2D eigenvalue weighted by Gasteiger charge is -2.13. The minimum Gasteiger partial charge on any atom is -0.477 e. The molecule has 1 atom stereocenters. The van der Waals surface area contributed by atoms with Gasteiger partial charge in [0, 0.05) is 22.8 Å². The van der Waals surface area contributed by atoms with Crippen molar-refractivity contribution in [2.24, 2.45) is 0 Å². The Morgan fingerprint density at radius 3 is 2.50 bits per heavy atom. The Morgan fingerprint density at radius 1 is 1.35 bits per heavy atom. The zero-order valence-corrected chi connectivity index (χ0v) is 12.6. The minimum absolute atomic E-state index is 0.0650. The van der Waals surface area contributed by atoms with Crippen molar-refractivity contribution >= 4 is 33.2 Å². The number of carbonyl (C=O) groups excluding carboxylic acids is 1. The summed E-state index contributed by atoms with van der Waals surface area (Å²) in [6.07, 6.45) is -0.159. The Bertz CT molecular complexity index is 699. The van der Waals surface area contributed by atoms with Gasteiger partial charge in [0.15, 0.2) is 5.78 Å². The summed E-state index contributed by atoms with van der Waals surface area (Å²) in [6.45, 7) is 5.17. The molecule has 5 heteroatoms. The highest BCUT2D eigenvalue weighted by Gasteiger charge is 2.22. The van der Waals surface area contributed by atoms with Crippen molar-refractivity contribution in [3.8, 4) is 0 Å². The van der Waals surface area contributed by atoms with Crippen LogP contribution < -0.4 is 0 Å². The van der Waals surface area contributed by atoms with E-state index in [1.165, 1.54) is 6.92 Å². The van der Waals surface area contributed by atoms with Crippen LogP contribution in [0, 0.1) is 6.92 Å². The maximum absolute atomic E-state index is 11.7. The fourth-order valence-corrected chi connectivity index (χ4v) is 3.57. The van der Waals surface area contributed by atoms with Crippen molar-refractivity contribution in [1.29, 1.82) is 0 Å².